The first-order valence-corrected chi connectivity index (χ1v) is 7.38. The van der Waals surface area contributed by atoms with Gasteiger partial charge in [-0.1, -0.05) is 42.5 Å². The van der Waals surface area contributed by atoms with E-state index in [1.807, 2.05) is 47.4 Å². The van der Waals surface area contributed by atoms with E-state index in [1.54, 1.807) is 0 Å². The van der Waals surface area contributed by atoms with E-state index in [2.05, 4.69) is 31.3 Å². The van der Waals surface area contributed by atoms with Crippen molar-refractivity contribution in [3.8, 4) is 0 Å². The summed E-state index contributed by atoms with van der Waals surface area (Å²) in [6.07, 6.45) is 0. The number of amides is 1. The molecule has 1 aliphatic rings. The summed E-state index contributed by atoms with van der Waals surface area (Å²) >= 11 is 0. The minimum Gasteiger partial charge on any atom is -0.380 e. The molecule has 2 aromatic carbocycles. The average Bonchev–Trinajstić information content (AvgIpc) is 2.64. The Morgan fingerprint density at radius 1 is 1.10 bits per heavy atom. The zero-order chi connectivity index (χ0) is 14.8. The molecule has 0 saturated carbocycles. The van der Waals surface area contributed by atoms with Crippen LogP contribution in [-0.2, 0) is 0 Å². The van der Waals surface area contributed by atoms with Crippen LogP contribution >= 0.6 is 0 Å². The van der Waals surface area contributed by atoms with E-state index in [1.165, 1.54) is 0 Å². The number of anilines is 1. The number of hydrogen-bond acceptors (Lipinski definition) is 2. The van der Waals surface area contributed by atoms with Crippen LogP contribution in [0, 0.1) is 0 Å². The third kappa shape index (κ3) is 2.64. The number of carbonyl (C=O) groups is 1. The van der Waals surface area contributed by atoms with Crippen LogP contribution in [0.5, 0.6) is 0 Å². The smallest absolute Gasteiger partial charge is 0.256 e. The van der Waals surface area contributed by atoms with Gasteiger partial charge < -0.3 is 10.2 Å². The van der Waals surface area contributed by atoms with Crippen molar-refractivity contribution in [1.82, 2.24) is 4.90 Å². The van der Waals surface area contributed by atoms with Gasteiger partial charge in [-0.25, -0.2) is 0 Å². The molecule has 0 radical (unpaired) electrons. The molecular formula is C18H20N2O. The van der Waals surface area contributed by atoms with Crippen LogP contribution in [0.3, 0.4) is 0 Å². The molecule has 2 aromatic rings. The van der Waals surface area contributed by atoms with E-state index in [0.717, 1.165) is 16.8 Å². The zero-order valence-electron chi connectivity index (χ0n) is 12.4. The van der Waals surface area contributed by atoms with E-state index in [0.29, 0.717) is 6.54 Å². The maximum Gasteiger partial charge on any atom is 0.256 e. The summed E-state index contributed by atoms with van der Waals surface area (Å²) in [5.74, 6) is 0.0961. The third-order valence-corrected chi connectivity index (χ3v) is 4.04. The quantitative estimate of drug-likeness (QED) is 0.909. The van der Waals surface area contributed by atoms with Gasteiger partial charge in [0.1, 0.15) is 0 Å². The lowest BCUT2D eigenvalue weighted by molar-refractivity contribution is 0.0692. The summed E-state index contributed by atoms with van der Waals surface area (Å²) in [7, 11) is 0. The van der Waals surface area contributed by atoms with Crippen molar-refractivity contribution in [3.63, 3.8) is 0 Å². The number of benzene rings is 2. The van der Waals surface area contributed by atoms with E-state index in [9.17, 15) is 4.79 Å². The highest BCUT2D eigenvalue weighted by Gasteiger charge is 2.29. The van der Waals surface area contributed by atoms with Crippen LogP contribution in [0.4, 0.5) is 5.69 Å². The van der Waals surface area contributed by atoms with Gasteiger partial charge >= 0.3 is 0 Å². The molecule has 1 amide bonds. The molecule has 3 nitrogen and oxygen atoms in total. The molecule has 2 atom stereocenters. The van der Waals surface area contributed by atoms with Crippen LogP contribution < -0.4 is 5.32 Å². The average molecular weight is 280 g/mol. The van der Waals surface area contributed by atoms with E-state index in [-0.39, 0.29) is 18.0 Å². The largest absolute Gasteiger partial charge is 0.380 e. The Morgan fingerprint density at radius 3 is 2.52 bits per heavy atom. The minimum atomic E-state index is 0.0640. The monoisotopic (exact) mass is 280 g/mol. The van der Waals surface area contributed by atoms with E-state index >= 15 is 0 Å². The van der Waals surface area contributed by atoms with Gasteiger partial charge in [0.15, 0.2) is 0 Å². The highest BCUT2D eigenvalue weighted by atomic mass is 16.2. The van der Waals surface area contributed by atoms with Gasteiger partial charge in [0, 0.05) is 18.3 Å². The maximum atomic E-state index is 12.9. The number of para-hydroxylation sites is 1. The molecule has 0 saturated heterocycles. The molecule has 108 valence electrons. The molecule has 0 spiro atoms. The van der Waals surface area contributed by atoms with Gasteiger partial charge in [0.2, 0.25) is 0 Å². The summed E-state index contributed by atoms with van der Waals surface area (Å²) < 4.78 is 0. The Bertz CT molecular complexity index is 639. The Kier molecular flexibility index (Phi) is 3.65. The van der Waals surface area contributed by atoms with Gasteiger partial charge in [-0.2, -0.15) is 0 Å². The first-order chi connectivity index (χ1) is 10.2. The predicted molar refractivity (Wildman–Crippen MR) is 85.4 cm³/mol. The van der Waals surface area contributed by atoms with Crippen molar-refractivity contribution < 1.29 is 4.79 Å². The second-order valence-electron chi connectivity index (χ2n) is 5.64. The second kappa shape index (κ2) is 5.60. The van der Waals surface area contributed by atoms with Crippen LogP contribution in [0.1, 0.15) is 35.8 Å². The van der Waals surface area contributed by atoms with Gasteiger partial charge in [-0.3, -0.25) is 4.79 Å². The summed E-state index contributed by atoms with van der Waals surface area (Å²) in [5, 5.41) is 3.43. The fourth-order valence-corrected chi connectivity index (χ4v) is 2.88. The highest BCUT2D eigenvalue weighted by molar-refractivity contribution is 6.00. The lowest BCUT2D eigenvalue weighted by Crippen LogP contribution is -2.38. The molecule has 0 bridgehead atoms. The van der Waals surface area contributed by atoms with Crippen molar-refractivity contribution in [2.75, 3.05) is 11.9 Å². The minimum absolute atomic E-state index is 0.0640. The number of fused-ring (bicyclic) bond motifs is 1. The van der Waals surface area contributed by atoms with Gasteiger partial charge in [-0.05, 0) is 31.5 Å². The molecule has 0 aliphatic carbocycles. The van der Waals surface area contributed by atoms with Crippen molar-refractivity contribution >= 4 is 11.6 Å². The van der Waals surface area contributed by atoms with Crippen molar-refractivity contribution in [3.05, 3.63) is 65.7 Å². The molecular weight excluding hydrogens is 260 g/mol. The number of carbonyl (C=O) groups excluding carboxylic acids is 1. The number of rotatable bonds is 2. The molecule has 0 unspecified atom stereocenters. The highest BCUT2D eigenvalue weighted by Crippen LogP contribution is 2.28. The summed E-state index contributed by atoms with van der Waals surface area (Å²) in [6.45, 7) is 4.90. The SMILES string of the molecule is C[C@H](c1ccccc1)N1C[C@H](C)Nc2ccccc2C1=O. The zero-order valence-corrected chi connectivity index (χ0v) is 12.4. The molecule has 1 heterocycles. The Hall–Kier alpha value is -2.29. The molecule has 1 N–H and O–H groups in total. The Morgan fingerprint density at radius 2 is 1.76 bits per heavy atom. The summed E-state index contributed by atoms with van der Waals surface area (Å²) in [5.41, 5.74) is 2.85. The van der Waals surface area contributed by atoms with Crippen molar-refractivity contribution in [2.24, 2.45) is 0 Å². The number of hydrogen-bond donors (Lipinski definition) is 1. The van der Waals surface area contributed by atoms with Gasteiger partial charge in [-0.15, -0.1) is 0 Å². The summed E-state index contributed by atoms with van der Waals surface area (Å²) in [6, 6.07) is 18.2. The van der Waals surface area contributed by atoms with Crippen LogP contribution in [0.15, 0.2) is 54.6 Å². The Balaban J connectivity index is 1.97. The van der Waals surface area contributed by atoms with Crippen molar-refractivity contribution in [1.29, 1.82) is 0 Å². The van der Waals surface area contributed by atoms with Gasteiger partial charge in [0.25, 0.3) is 5.91 Å². The molecule has 3 rings (SSSR count). The van der Waals surface area contributed by atoms with Crippen LogP contribution in [-0.4, -0.2) is 23.4 Å². The van der Waals surface area contributed by atoms with Crippen LogP contribution in [0.2, 0.25) is 0 Å². The maximum absolute atomic E-state index is 12.9. The molecule has 1 aliphatic heterocycles. The fraction of sp³-hybridized carbons (Fsp3) is 0.278. The number of nitrogens with one attached hydrogen (secondary N) is 1. The third-order valence-electron chi connectivity index (χ3n) is 4.04. The second-order valence-corrected chi connectivity index (χ2v) is 5.64. The first kappa shape index (κ1) is 13.7. The van der Waals surface area contributed by atoms with E-state index < -0.39 is 0 Å². The predicted octanol–water partition coefficient (Wildman–Crippen LogP) is 3.70. The first-order valence-electron chi connectivity index (χ1n) is 7.38. The topological polar surface area (TPSA) is 32.3 Å². The number of nitrogens with zero attached hydrogens (tertiary/aromatic N) is 1. The molecule has 3 heteroatoms. The molecule has 21 heavy (non-hydrogen) atoms. The molecule has 0 aromatic heterocycles. The molecule has 0 fully saturated rings. The normalized spacial score (nSPS) is 19.4. The Labute approximate surface area is 125 Å². The lowest BCUT2D eigenvalue weighted by Gasteiger charge is -2.30. The summed E-state index contributed by atoms with van der Waals surface area (Å²) in [4.78, 5) is 14.8. The van der Waals surface area contributed by atoms with E-state index in [4.69, 9.17) is 0 Å². The lowest BCUT2D eigenvalue weighted by atomic mass is 10.1. The van der Waals surface area contributed by atoms with Gasteiger partial charge in [0.05, 0.1) is 11.6 Å². The van der Waals surface area contributed by atoms with Crippen LogP contribution in [0.25, 0.3) is 0 Å². The standard InChI is InChI=1S/C18H20N2O/c1-13-12-20(14(2)15-8-4-3-5-9-15)18(21)16-10-6-7-11-17(16)19-13/h3-11,13-14,19H,12H2,1-2H3/t13-,14+/m0/s1. The fourth-order valence-electron chi connectivity index (χ4n) is 2.88. The van der Waals surface area contributed by atoms with Crippen molar-refractivity contribution in [2.45, 2.75) is 25.9 Å².